The number of phenolic OH excluding ortho intramolecular Hbond substituents is 1. The van der Waals surface area contributed by atoms with E-state index in [1.165, 1.54) is 100 Å². The fourth-order valence-corrected chi connectivity index (χ4v) is 14.9. The van der Waals surface area contributed by atoms with Gasteiger partial charge in [-0.05, 0) is 180 Å². The number of primary amides is 2. The molecule has 25 N–H and O–H groups in total. The van der Waals surface area contributed by atoms with Crippen molar-refractivity contribution in [3.8, 4) is 5.75 Å². The molecule has 3 aromatic carbocycles. The Hall–Kier alpha value is -13.9. The maximum Gasteiger partial charge on any atom is 0.303 e. The number of carboxylic acid groups (broad SMARTS) is 1. The van der Waals surface area contributed by atoms with Gasteiger partial charge in [0.1, 0.15) is 107 Å². The number of nitrogens with two attached hydrogens (primary N) is 2. The lowest BCUT2D eigenvalue weighted by Crippen LogP contribution is -2.65. The third kappa shape index (κ3) is 38.3. The van der Waals surface area contributed by atoms with E-state index in [1.54, 1.807) is 88.5 Å². The van der Waals surface area contributed by atoms with Crippen molar-refractivity contribution in [1.82, 2.24) is 95.4 Å². The van der Waals surface area contributed by atoms with E-state index in [9.17, 15) is 82.4 Å². The Labute approximate surface area is 802 Å². The second-order valence-electron chi connectivity index (χ2n) is 36.6. The minimum atomic E-state index is -2.08. The Morgan fingerprint density at radius 2 is 0.957 bits per heavy atom. The van der Waals surface area contributed by atoms with Crippen molar-refractivity contribution in [3.05, 3.63) is 114 Å². The fraction of sp³-hybridized carbons (Fsp3) is 0.558. The van der Waals surface area contributed by atoms with Crippen molar-refractivity contribution in [2.24, 2.45) is 23.3 Å². The van der Waals surface area contributed by atoms with Crippen LogP contribution in [0.25, 0.3) is 10.9 Å². The third-order valence-electron chi connectivity index (χ3n) is 23.1. The number of hydrogen-bond donors (Lipinski definition) is 23. The van der Waals surface area contributed by atoms with Crippen LogP contribution in [0.4, 0.5) is 0 Å². The highest BCUT2D eigenvalue weighted by Crippen LogP contribution is 2.25. The van der Waals surface area contributed by atoms with Crippen LogP contribution in [0.2, 0.25) is 0 Å². The third-order valence-corrected chi connectivity index (χ3v) is 23.1. The molecule has 138 heavy (non-hydrogen) atoms. The predicted molar refractivity (Wildman–Crippen MR) is 507 cm³/mol. The molecule has 18 atom stereocenters. The van der Waals surface area contributed by atoms with Crippen molar-refractivity contribution in [3.63, 3.8) is 0 Å². The molecule has 1 aliphatic heterocycles. The van der Waals surface area contributed by atoms with Crippen LogP contribution >= 0.6 is 0 Å². The number of carbonyl (C=O) groups excluding carboxylic acids is 19. The zero-order valence-electron chi connectivity index (χ0n) is 81.0. The summed E-state index contributed by atoms with van der Waals surface area (Å²) in [6.07, 6.45) is 2.39. The molecule has 19 amide bonds. The molecule has 1 aliphatic rings. The van der Waals surface area contributed by atoms with Gasteiger partial charge in [-0.25, -0.2) is 0 Å². The average Bonchev–Trinajstić information content (AvgIpc) is 1.57. The number of aliphatic hydroxyl groups is 1. The van der Waals surface area contributed by atoms with E-state index in [-0.39, 0.29) is 75.4 Å². The highest BCUT2D eigenvalue weighted by molar-refractivity contribution is 6.03. The molecule has 4 aromatic rings. The molecule has 43 nitrogen and oxygen atoms in total. The van der Waals surface area contributed by atoms with E-state index in [0.29, 0.717) is 53.3 Å². The Kier molecular flexibility index (Phi) is 46.0. The maximum atomic E-state index is 15.6. The summed E-state index contributed by atoms with van der Waals surface area (Å²) in [6, 6.07) is -1.45. The summed E-state index contributed by atoms with van der Waals surface area (Å²) in [6.45, 7) is 21.2. The summed E-state index contributed by atoms with van der Waals surface area (Å²) < 4.78 is 0. The first-order valence-electron chi connectivity index (χ1n) is 46.5. The number of aromatic amines is 1. The number of benzene rings is 3. The first-order valence-corrected chi connectivity index (χ1v) is 46.5. The molecule has 0 bridgehead atoms. The minimum absolute atomic E-state index is 0.107. The molecule has 758 valence electrons. The highest BCUT2D eigenvalue weighted by Gasteiger charge is 2.44. The number of H-pyrrole nitrogens is 1. The summed E-state index contributed by atoms with van der Waals surface area (Å²) in [5.74, 6) is -19.7. The van der Waals surface area contributed by atoms with Gasteiger partial charge in [0.2, 0.25) is 112 Å². The highest BCUT2D eigenvalue weighted by atomic mass is 16.4. The number of aromatic nitrogens is 1. The second-order valence-corrected chi connectivity index (χ2v) is 36.6. The van der Waals surface area contributed by atoms with Gasteiger partial charge < -0.3 is 122 Å². The van der Waals surface area contributed by atoms with Gasteiger partial charge in [-0.1, -0.05) is 120 Å². The van der Waals surface area contributed by atoms with Crippen LogP contribution in [0.15, 0.2) is 97.2 Å². The molecular formula is C95H140N20O23. The van der Waals surface area contributed by atoms with E-state index < -0.39 is 258 Å². The Balaban J connectivity index is 1.58. The number of aliphatic carboxylic acids is 1. The fourth-order valence-electron chi connectivity index (χ4n) is 14.9. The first kappa shape index (κ1) is 115. The number of amides is 19. The van der Waals surface area contributed by atoms with Crippen molar-refractivity contribution in [1.29, 1.82) is 0 Å². The quantitative estimate of drug-likeness (QED) is 0.0247. The number of allylic oxidation sites excluding steroid dienone is 2. The molecule has 0 unspecified atom stereocenters. The van der Waals surface area contributed by atoms with Gasteiger partial charge in [0, 0.05) is 56.1 Å². The van der Waals surface area contributed by atoms with E-state index in [4.69, 9.17) is 11.5 Å². The summed E-state index contributed by atoms with van der Waals surface area (Å²) in [4.78, 5) is 283. The Bertz CT molecular complexity index is 4970. The lowest BCUT2D eigenvalue weighted by Gasteiger charge is -2.34. The minimum Gasteiger partial charge on any atom is -0.508 e. The Morgan fingerprint density at radius 1 is 0.464 bits per heavy atom. The lowest BCUT2D eigenvalue weighted by molar-refractivity contribution is -0.140. The molecular weight excluding hydrogens is 1790 g/mol. The molecule has 0 saturated heterocycles. The average molecular weight is 1930 g/mol. The summed E-state index contributed by atoms with van der Waals surface area (Å²) in [5, 5.41) is 76.0. The van der Waals surface area contributed by atoms with Gasteiger partial charge in [-0.2, -0.15) is 0 Å². The summed E-state index contributed by atoms with van der Waals surface area (Å²) in [5.41, 5.74) is 8.67. The van der Waals surface area contributed by atoms with Crippen LogP contribution in [-0.2, 0) is 115 Å². The zero-order chi connectivity index (χ0) is 103. The van der Waals surface area contributed by atoms with Gasteiger partial charge in [-0.3, -0.25) is 95.9 Å². The van der Waals surface area contributed by atoms with Crippen molar-refractivity contribution in [2.45, 2.75) is 327 Å². The normalized spacial score (nSPS) is 21.9. The van der Waals surface area contributed by atoms with E-state index in [1.807, 2.05) is 12.2 Å². The number of rotatable bonds is 37. The molecule has 0 aliphatic carbocycles. The second kappa shape index (κ2) is 55.3. The van der Waals surface area contributed by atoms with E-state index in [0.717, 1.165) is 0 Å². The predicted octanol–water partition coefficient (Wildman–Crippen LogP) is -0.748. The summed E-state index contributed by atoms with van der Waals surface area (Å²) >= 11 is 0. The maximum absolute atomic E-state index is 15.6. The van der Waals surface area contributed by atoms with Crippen LogP contribution < -0.4 is 102 Å². The molecule has 1 aromatic heterocycles. The van der Waals surface area contributed by atoms with Gasteiger partial charge in [0.25, 0.3) is 0 Å². The number of hydrogen-bond acceptors (Lipinski definition) is 22. The standard InChI is InChI=1S/C95H140N20O23/c1-50(2)44-69(106-60(13)117)88(133)113-76(59(12)116)91(136)111-72(46-61-30-24-23-25-31-61)90(135)115-95(15)43-29-22-20-18-16-17-19-21-28-42-94(14,92(137)105-58(11)82(127)103-56(9)81(126)102-55(8)80(125)101-54(7)79(124)100-53(6)78(123)99-52(5)77(97)122)114-89(134)70(45-51(3)4)108-84(129)67(38-40-74(96)119)107-83(128)57(10)104-86(131)73(48-63-49-98-66-33-27-26-32-65(63)66)110-87(132)71(47-62-34-36-64(118)37-35-62)109-85(130)68(112-93(95)138)39-41-75(120)121/h17,19,23-27,30-37,49-59,67-73,76,98,116,118H,16,18,20-22,28-29,38-48H2,1-15H3,(H2,96,119)(H2,97,122)(H,99,123)(H,100,124)(H,101,125)(H,102,126)(H,103,127)(H,104,131)(H,105,137)(H,106,117)(H,107,128)(H,108,129)(H,109,130)(H,110,132)(H,111,136)(H,112,138)(H,113,133)(H,114,134)(H,115,135)(H,120,121)/b19-17+/t52-,53+,54+,55+,56+,57+,58+,59-,67+,68+,69+,70+,71+,72+,73+,76+,94+,95-/m1/s1. The Morgan fingerprint density at radius 3 is 1.49 bits per heavy atom. The number of fused-ring (bicyclic) bond motifs is 1. The molecule has 2 heterocycles. The number of phenols is 1. The smallest absolute Gasteiger partial charge is 0.303 e. The molecule has 0 radical (unpaired) electrons. The molecule has 0 saturated carbocycles. The van der Waals surface area contributed by atoms with Crippen LogP contribution in [-0.4, -0.2) is 246 Å². The summed E-state index contributed by atoms with van der Waals surface area (Å²) in [7, 11) is 0. The topological polar surface area (TPSA) is 674 Å². The van der Waals surface area contributed by atoms with Crippen LogP contribution in [0.3, 0.4) is 0 Å². The van der Waals surface area contributed by atoms with Gasteiger partial charge in [0.15, 0.2) is 0 Å². The molecule has 5 rings (SSSR count). The van der Waals surface area contributed by atoms with Crippen LogP contribution in [0.1, 0.15) is 217 Å². The van der Waals surface area contributed by atoms with Crippen molar-refractivity contribution in [2.75, 3.05) is 0 Å². The number of carboxylic acids is 1. The van der Waals surface area contributed by atoms with E-state index >= 15 is 28.8 Å². The van der Waals surface area contributed by atoms with Gasteiger partial charge >= 0.3 is 5.97 Å². The van der Waals surface area contributed by atoms with Crippen molar-refractivity contribution < 1.29 is 111 Å². The molecule has 43 heteroatoms. The zero-order valence-corrected chi connectivity index (χ0v) is 81.0. The van der Waals surface area contributed by atoms with Crippen molar-refractivity contribution >= 4 is 129 Å². The lowest BCUT2D eigenvalue weighted by atomic mass is 9.91. The SMILES string of the molecule is CC(=O)N[C@@H](CC(C)C)C(=O)N[C@H](C(=O)N[C@@H](Cc1ccccc1)C(=O)N[C@]1(C)CCCCCC/C=C/CCC[C@@](C)(C(=O)N[C@@H](C)C(=O)N[C@@H](C)C(=O)N[C@@H](C)C(=O)N[C@@H](C)C(=O)N[C@@H](C)C(=O)N[C@H](C)C(N)=O)NC(=O)[C@H](CC(C)C)NC(=O)[C@H](CCC(N)=O)NC(=O)[C@H](C)NC(=O)[C@H](Cc2c[nH]c3ccccc23)NC(=O)[C@H](Cc2ccc(O)cc2)NC(=O)[C@H](CCC(=O)O)NC1=O)[C@@H](C)O. The number of carbonyl (C=O) groups is 20. The number of aliphatic hydroxyl groups excluding tert-OH is 1. The molecule has 0 spiro atoms. The van der Waals surface area contributed by atoms with Crippen LogP contribution in [0, 0.1) is 11.8 Å². The largest absolute Gasteiger partial charge is 0.508 e. The van der Waals surface area contributed by atoms with Gasteiger partial charge in [-0.15, -0.1) is 0 Å². The van der Waals surface area contributed by atoms with E-state index in [2.05, 4.69) is 95.4 Å². The number of para-hydroxylation sites is 1. The number of aromatic hydroxyl groups is 1. The van der Waals surface area contributed by atoms with Gasteiger partial charge in [0.05, 0.1) is 6.10 Å². The first-order chi connectivity index (χ1) is 64.8. The van der Waals surface area contributed by atoms with Crippen LogP contribution in [0.5, 0.6) is 5.75 Å². The monoisotopic (exact) mass is 1930 g/mol. The molecule has 0 fully saturated rings. The number of nitrogens with one attached hydrogen (secondary N) is 18.